The van der Waals surface area contributed by atoms with Crippen LogP contribution in [-0.2, 0) is 0 Å². The third-order valence-corrected chi connectivity index (χ3v) is 2.62. The van der Waals surface area contributed by atoms with Crippen LogP contribution in [0.4, 0.5) is 0 Å². The lowest BCUT2D eigenvalue weighted by Gasteiger charge is -2.09. The van der Waals surface area contributed by atoms with E-state index in [2.05, 4.69) is 5.32 Å². The van der Waals surface area contributed by atoms with Crippen LogP contribution in [0.1, 0.15) is 30.1 Å². The van der Waals surface area contributed by atoms with Gasteiger partial charge in [0.1, 0.15) is 5.75 Å². The van der Waals surface area contributed by atoms with Gasteiger partial charge in [0.05, 0.1) is 18.7 Å². The molecule has 1 N–H and O–H groups in total. The van der Waals surface area contributed by atoms with Crippen LogP contribution in [-0.4, -0.2) is 25.0 Å². The minimum Gasteiger partial charge on any atom is -0.493 e. The molecule has 0 amide bonds. The zero-order valence-corrected chi connectivity index (χ0v) is 9.53. The summed E-state index contributed by atoms with van der Waals surface area (Å²) in [7, 11) is 0. The molecular formula is C13H17NO2. The zero-order valence-electron chi connectivity index (χ0n) is 9.53. The number of benzene rings is 1. The van der Waals surface area contributed by atoms with Crippen LogP contribution in [0.5, 0.6) is 5.75 Å². The standard InChI is InChI=1S/C13H17NO2/c1-2-16-13-6-4-3-5-11(13)12(15)9-14-10-7-8-10/h3-6,10,14H,2,7-9H2,1H3. The van der Waals surface area contributed by atoms with E-state index in [1.807, 2.05) is 31.2 Å². The molecule has 0 aliphatic heterocycles. The van der Waals surface area contributed by atoms with Gasteiger partial charge in [0.15, 0.2) is 5.78 Å². The number of carbonyl (C=O) groups excluding carboxylic acids is 1. The molecular weight excluding hydrogens is 202 g/mol. The molecule has 0 radical (unpaired) electrons. The van der Waals surface area contributed by atoms with Crippen molar-refractivity contribution < 1.29 is 9.53 Å². The first-order valence-electron chi connectivity index (χ1n) is 5.79. The van der Waals surface area contributed by atoms with Crippen LogP contribution >= 0.6 is 0 Å². The molecule has 0 bridgehead atoms. The lowest BCUT2D eigenvalue weighted by atomic mass is 10.1. The Bertz CT molecular complexity index is 372. The Morgan fingerprint density at radius 2 is 2.19 bits per heavy atom. The fourth-order valence-corrected chi connectivity index (χ4v) is 1.60. The van der Waals surface area contributed by atoms with Crippen molar-refractivity contribution in [2.45, 2.75) is 25.8 Å². The van der Waals surface area contributed by atoms with Crippen LogP contribution < -0.4 is 10.1 Å². The molecule has 0 atom stereocenters. The molecule has 2 rings (SSSR count). The van der Waals surface area contributed by atoms with Gasteiger partial charge in [0.25, 0.3) is 0 Å². The molecule has 0 spiro atoms. The lowest BCUT2D eigenvalue weighted by molar-refractivity contribution is 0.0987. The maximum absolute atomic E-state index is 11.9. The lowest BCUT2D eigenvalue weighted by Crippen LogP contribution is -2.25. The monoisotopic (exact) mass is 219 g/mol. The van der Waals surface area contributed by atoms with E-state index < -0.39 is 0 Å². The molecule has 0 heterocycles. The van der Waals surface area contributed by atoms with Gasteiger partial charge in [-0.2, -0.15) is 0 Å². The van der Waals surface area contributed by atoms with Crippen molar-refractivity contribution >= 4 is 5.78 Å². The van der Waals surface area contributed by atoms with E-state index >= 15 is 0 Å². The number of carbonyl (C=O) groups is 1. The molecule has 1 aromatic carbocycles. The van der Waals surface area contributed by atoms with Crippen molar-refractivity contribution in [2.75, 3.05) is 13.2 Å². The number of ether oxygens (including phenoxy) is 1. The van der Waals surface area contributed by atoms with Crippen LogP contribution in [0.3, 0.4) is 0 Å². The van der Waals surface area contributed by atoms with Crippen molar-refractivity contribution in [2.24, 2.45) is 0 Å². The number of hydrogen-bond acceptors (Lipinski definition) is 3. The number of para-hydroxylation sites is 1. The van der Waals surface area contributed by atoms with Gasteiger partial charge >= 0.3 is 0 Å². The Kier molecular flexibility index (Phi) is 3.57. The number of ketones is 1. The van der Waals surface area contributed by atoms with Crippen molar-refractivity contribution in [3.8, 4) is 5.75 Å². The molecule has 0 unspecified atom stereocenters. The summed E-state index contributed by atoms with van der Waals surface area (Å²) in [5, 5.41) is 3.22. The number of rotatable bonds is 6. The van der Waals surface area contributed by atoms with E-state index in [1.165, 1.54) is 12.8 Å². The van der Waals surface area contributed by atoms with Gasteiger partial charge in [0.2, 0.25) is 0 Å². The van der Waals surface area contributed by atoms with Crippen LogP contribution in [0.25, 0.3) is 0 Å². The van der Waals surface area contributed by atoms with E-state index in [-0.39, 0.29) is 5.78 Å². The van der Waals surface area contributed by atoms with Gasteiger partial charge in [-0.15, -0.1) is 0 Å². The Hall–Kier alpha value is -1.35. The Morgan fingerprint density at radius 3 is 2.88 bits per heavy atom. The number of Topliss-reactive ketones (excluding diaryl/α,β-unsaturated/α-hetero) is 1. The highest BCUT2D eigenvalue weighted by molar-refractivity contribution is 6.00. The largest absolute Gasteiger partial charge is 0.493 e. The zero-order chi connectivity index (χ0) is 11.4. The summed E-state index contributed by atoms with van der Waals surface area (Å²) in [5.74, 6) is 0.795. The second kappa shape index (κ2) is 5.12. The topological polar surface area (TPSA) is 38.3 Å². The van der Waals surface area contributed by atoms with Gasteiger partial charge in [0, 0.05) is 6.04 Å². The van der Waals surface area contributed by atoms with Crippen molar-refractivity contribution in [3.05, 3.63) is 29.8 Å². The fraction of sp³-hybridized carbons (Fsp3) is 0.462. The highest BCUT2D eigenvalue weighted by Gasteiger charge is 2.22. The first-order valence-corrected chi connectivity index (χ1v) is 5.79. The van der Waals surface area contributed by atoms with E-state index in [0.29, 0.717) is 30.5 Å². The van der Waals surface area contributed by atoms with Crippen molar-refractivity contribution in [1.29, 1.82) is 0 Å². The normalized spacial score (nSPS) is 14.8. The van der Waals surface area contributed by atoms with Gasteiger partial charge in [-0.25, -0.2) is 0 Å². The average molecular weight is 219 g/mol. The Morgan fingerprint density at radius 1 is 1.44 bits per heavy atom. The Balaban J connectivity index is 2.01. The summed E-state index contributed by atoms with van der Waals surface area (Å²) < 4.78 is 5.43. The fourth-order valence-electron chi connectivity index (χ4n) is 1.60. The molecule has 0 saturated heterocycles. The van der Waals surface area contributed by atoms with Gasteiger partial charge in [-0.1, -0.05) is 12.1 Å². The molecule has 3 heteroatoms. The summed E-state index contributed by atoms with van der Waals surface area (Å²) in [6, 6.07) is 7.97. The molecule has 86 valence electrons. The molecule has 0 aromatic heterocycles. The second-order valence-electron chi connectivity index (χ2n) is 4.01. The number of hydrogen-bond donors (Lipinski definition) is 1. The quantitative estimate of drug-likeness (QED) is 0.744. The molecule has 1 aliphatic rings. The maximum atomic E-state index is 11.9. The Labute approximate surface area is 95.8 Å². The summed E-state index contributed by atoms with van der Waals surface area (Å²) in [5.41, 5.74) is 0.678. The van der Waals surface area contributed by atoms with Gasteiger partial charge in [-0.05, 0) is 31.9 Å². The minimum atomic E-state index is 0.107. The summed E-state index contributed by atoms with van der Waals surface area (Å²) in [4.78, 5) is 11.9. The van der Waals surface area contributed by atoms with E-state index in [4.69, 9.17) is 4.74 Å². The molecule has 1 aromatic rings. The highest BCUT2D eigenvalue weighted by Crippen LogP contribution is 2.20. The van der Waals surface area contributed by atoms with E-state index in [0.717, 1.165) is 0 Å². The number of nitrogens with one attached hydrogen (secondary N) is 1. The SMILES string of the molecule is CCOc1ccccc1C(=O)CNC1CC1. The minimum absolute atomic E-state index is 0.107. The third-order valence-electron chi connectivity index (χ3n) is 2.62. The first-order chi connectivity index (χ1) is 7.81. The second-order valence-corrected chi connectivity index (χ2v) is 4.01. The van der Waals surface area contributed by atoms with Gasteiger partial charge < -0.3 is 10.1 Å². The predicted molar refractivity (Wildman–Crippen MR) is 63.0 cm³/mol. The first kappa shape index (κ1) is 11.1. The van der Waals surface area contributed by atoms with Crippen LogP contribution in [0.2, 0.25) is 0 Å². The molecule has 3 nitrogen and oxygen atoms in total. The summed E-state index contributed by atoms with van der Waals surface area (Å²) in [6.07, 6.45) is 2.39. The van der Waals surface area contributed by atoms with Crippen molar-refractivity contribution in [1.82, 2.24) is 5.32 Å². The van der Waals surface area contributed by atoms with Gasteiger partial charge in [-0.3, -0.25) is 4.79 Å². The molecule has 1 saturated carbocycles. The van der Waals surface area contributed by atoms with Crippen LogP contribution in [0.15, 0.2) is 24.3 Å². The smallest absolute Gasteiger partial charge is 0.180 e. The molecule has 16 heavy (non-hydrogen) atoms. The third kappa shape index (κ3) is 2.83. The predicted octanol–water partition coefficient (Wildman–Crippen LogP) is 2.02. The average Bonchev–Trinajstić information content (AvgIpc) is 3.11. The van der Waals surface area contributed by atoms with Crippen LogP contribution in [0, 0.1) is 0 Å². The molecule has 1 fully saturated rings. The van der Waals surface area contributed by atoms with E-state index in [1.54, 1.807) is 0 Å². The maximum Gasteiger partial charge on any atom is 0.180 e. The summed E-state index contributed by atoms with van der Waals surface area (Å²) in [6.45, 7) is 2.92. The van der Waals surface area contributed by atoms with Crippen molar-refractivity contribution in [3.63, 3.8) is 0 Å². The molecule has 1 aliphatic carbocycles. The highest BCUT2D eigenvalue weighted by atomic mass is 16.5. The summed E-state index contributed by atoms with van der Waals surface area (Å²) >= 11 is 0. The van der Waals surface area contributed by atoms with E-state index in [9.17, 15) is 4.79 Å².